The molecule has 1 aliphatic carbocycles. The maximum Gasteiger partial charge on any atom is 0.129 e. The second-order valence-electron chi connectivity index (χ2n) is 4.95. The minimum absolute atomic E-state index is 0.308. The number of benzene rings is 2. The highest BCUT2D eigenvalue weighted by molar-refractivity contribution is 5.64. The third-order valence-electron chi connectivity index (χ3n) is 3.76. The fourth-order valence-electron chi connectivity index (χ4n) is 2.47. The van der Waals surface area contributed by atoms with E-state index in [2.05, 4.69) is 0 Å². The van der Waals surface area contributed by atoms with Crippen LogP contribution in [-0.4, -0.2) is 5.11 Å². The molecule has 0 aromatic heterocycles. The molecule has 0 radical (unpaired) electrons. The molecule has 2 heteroatoms. The van der Waals surface area contributed by atoms with Crippen LogP contribution in [0.4, 0.5) is 4.39 Å². The predicted octanol–water partition coefficient (Wildman–Crippen LogP) is 3.86. The lowest BCUT2D eigenvalue weighted by atomic mass is 9.74. The van der Waals surface area contributed by atoms with Crippen molar-refractivity contribution < 1.29 is 9.50 Å². The van der Waals surface area contributed by atoms with Gasteiger partial charge >= 0.3 is 0 Å². The average molecular weight is 242 g/mol. The molecule has 0 unspecified atom stereocenters. The molecular weight excluding hydrogens is 227 g/mol. The zero-order chi connectivity index (χ0) is 12.6. The molecule has 1 fully saturated rings. The van der Waals surface area contributed by atoms with Crippen molar-refractivity contribution in [3.8, 4) is 11.1 Å². The van der Waals surface area contributed by atoms with Gasteiger partial charge in [0.2, 0.25) is 0 Å². The van der Waals surface area contributed by atoms with Crippen molar-refractivity contribution in [2.45, 2.75) is 24.9 Å². The van der Waals surface area contributed by atoms with E-state index in [1.54, 1.807) is 12.1 Å². The van der Waals surface area contributed by atoms with Gasteiger partial charge in [-0.15, -0.1) is 0 Å². The average Bonchev–Trinajstić information content (AvgIpc) is 2.38. The summed E-state index contributed by atoms with van der Waals surface area (Å²) < 4.78 is 13.8. The van der Waals surface area contributed by atoms with Crippen molar-refractivity contribution in [3.63, 3.8) is 0 Å². The van der Waals surface area contributed by atoms with Gasteiger partial charge in [-0.05, 0) is 42.5 Å². The number of halogens is 1. The Morgan fingerprint density at radius 2 is 1.67 bits per heavy atom. The number of rotatable bonds is 2. The molecule has 0 amide bonds. The molecular formula is C16H15FO. The van der Waals surface area contributed by atoms with E-state index < -0.39 is 5.60 Å². The van der Waals surface area contributed by atoms with E-state index in [9.17, 15) is 9.50 Å². The number of hydrogen-bond acceptors (Lipinski definition) is 1. The summed E-state index contributed by atoms with van der Waals surface area (Å²) in [5, 5.41) is 10.3. The fraction of sp³-hybridized carbons (Fsp3) is 0.250. The first kappa shape index (κ1) is 11.4. The summed E-state index contributed by atoms with van der Waals surface area (Å²) in [6.45, 7) is 0. The highest BCUT2D eigenvalue weighted by atomic mass is 19.1. The number of aliphatic hydroxyl groups is 1. The Balaban J connectivity index is 2.06. The molecule has 2 aromatic rings. The molecule has 1 nitrogen and oxygen atoms in total. The zero-order valence-corrected chi connectivity index (χ0v) is 10.1. The Morgan fingerprint density at radius 3 is 2.28 bits per heavy atom. The van der Waals surface area contributed by atoms with Crippen LogP contribution >= 0.6 is 0 Å². The molecule has 92 valence electrons. The van der Waals surface area contributed by atoms with Gasteiger partial charge in [0.1, 0.15) is 5.82 Å². The fourth-order valence-corrected chi connectivity index (χ4v) is 2.47. The van der Waals surface area contributed by atoms with Crippen molar-refractivity contribution in [3.05, 3.63) is 59.9 Å². The molecule has 3 rings (SSSR count). The van der Waals surface area contributed by atoms with Crippen LogP contribution in [0.1, 0.15) is 24.8 Å². The Hall–Kier alpha value is -1.67. The first-order chi connectivity index (χ1) is 8.69. The smallest absolute Gasteiger partial charge is 0.129 e. The van der Waals surface area contributed by atoms with Gasteiger partial charge in [0, 0.05) is 5.56 Å². The van der Waals surface area contributed by atoms with Crippen LogP contribution in [0.5, 0.6) is 0 Å². The Morgan fingerprint density at radius 1 is 0.944 bits per heavy atom. The van der Waals surface area contributed by atoms with Crippen LogP contribution in [0, 0.1) is 5.82 Å². The monoisotopic (exact) mass is 242 g/mol. The molecule has 18 heavy (non-hydrogen) atoms. The number of hydrogen-bond donors (Lipinski definition) is 1. The van der Waals surface area contributed by atoms with Gasteiger partial charge in [-0.3, -0.25) is 0 Å². The van der Waals surface area contributed by atoms with Crippen molar-refractivity contribution in [1.29, 1.82) is 0 Å². The van der Waals surface area contributed by atoms with Crippen LogP contribution in [-0.2, 0) is 5.60 Å². The summed E-state index contributed by atoms with van der Waals surface area (Å²) in [5.41, 5.74) is 1.48. The van der Waals surface area contributed by atoms with Gasteiger partial charge in [-0.25, -0.2) is 4.39 Å². The van der Waals surface area contributed by atoms with E-state index in [4.69, 9.17) is 0 Å². The summed E-state index contributed by atoms with van der Waals surface area (Å²) in [5.74, 6) is -0.308. The van der Waals surface area contributed by atoms with Gasteiger partial charge in [0.05, 0.1) is 5.60 Å². The van der Waals surface area contributed by atoms with E-state index in [0.29, 0.717) is 18.4 Å². The van der Waals surface area contributed by atoms with Crippen LogP contribution in [0.3, 0.4) is 0 Å². The minimum atomic E-state index is -0.950. The Kier molecular flexibility index (Phi) is 2.67. The Bertz CT molecular complexity index is 559. The maximum absolute atomic E-state index is 13.8. The van der Waals surface area contributed by atoms with Crippen molar-refractivity contribution in [2.75, 3.05) is 0 Å². The second kappa shape index (κ2) is 4.21. The maximum atomic E-state index is 13.8. The van der Waals surface area contributed by atoms with Gasteiger partial charge in [-0.1, -0.05) is 36.4 Å². The van der Waals surface area contributed by atoms with Gasteiger partial charge in [-0.2, -0.15) is 0 Å². The van der Waals surface area contributed by atoms with E-state index in [1.165, 1.54) is 6.07 Å². The largest absolute Gasteiger partial charge is 0.385 e. The minimum Gasteiger partial charge on any atom is -0.385 e. The lowest BCUT2D eigenvalue weighted by Crippen LogP contribution is -2.34. The molecule has 0 bridgehead atoms. The molecule has 1 aliphatic rings. The van der Waals surface area contributed by atoms with Crippen molar-refractivity contribution in [2.24, 2.45) is 0 Å². The highest BCUT2D eigenvalue weighted by Crippen LogP contribution is 2.43. The summed E-state index contributed by atoms with van der Waals surface area (Å²) in [6.07, 6.45) is 2.27. The van der Waals surface area contributed by atoms with Crippen LogP contribution in [0.25, 0.3) is 11.1 Å². The molecule has 0 aliphatic heterocycles. The first-order valence-corrected chi connectivity index (χ1v) is 6.27. The summed E-state index contributed by atoms with van der Waals surface area (Å²) in [6, 6.07) is 14.8. The highest BCUT2D eigenvalue weighted by Gasteiger charge is 2.38. The third kappa shape index (κ3) is 1.83. The molecule has 0 heterocycles. The van der Waals surface area contributed by atoms with Crippen LogP contribution in [0.2, 0.25) is 0 Å². The van der Waals surface area contributed by atoms with E-state index in [1.807, 2.05) is 30.3 Å². The first-order valence-electron chi connectivity index (χ1n) is 6.27. The topological polar surface area (TPSA) is 20.2 Å². The Labute approximate surface area is 106 Å². The molecule has 0 spiro atoms. The third-order valence-corrected chi connectivity index (χ3v) is 3.76. The summed E-state index contributed by atoms with van der Waals surface area (Å²) >= 11 is 0. The molecule has 0 saturated heterocycles. The van der Waals surface area contributed by atoms with Gasteiger partial charge in [0.15, 0.2) is 0 Å². The van der Waals surface area contributed by atoms with E-state index in [0.717, 1.165) is 17.5 Å². The van der Waals surface area contributed by atoms with Crippen LogP contribution < -0.4 is 0 Å². The quantitative estimate of drug-likeness (QED) is 0.847. The van der Waals surface area contributed by atoms with Gasteiger partial charge in [0.25, 0.3) is 0 Å². The molecule has 0 atom stereocenters. The summed E-state index contributed by atoms with van der Waals surface area (Å²) in [4.78, 5) is 0. The van der Waals surface area contributed by atoms with E-state index in [-0.39, 0.29) is 5.82 Å². The SMILES string of the molecule is OC1(c2cc(-c3ccccc3)ccc2F)CCC1. The molecule has 2 aromatic carbocycles. The normalized spacial score (nSPS) is 17.2. The van der Waals surface area contributed by atoms with Crippen LogP contribution in [0.15, 0.2) is 48.5 Å². The van der Waals surface area contributed by atoms with Crippen molar-refractivity contribution >= 4 is 0 Å². The molecule has 1 N–H and O–H groups in total. The lowest BCUT2D eigenvalue weighted by Gasteiger charge is -2.37. The van der Waals surface area contributed by atoms with Crippen molar-refractivity contribution in [1.82, 2.24) is 0 Å². The summed E-state index contributed by atoms with van der Waals surface area (Å²) in [7, 11) is 0. The van der Waals surface area contributed by atoms with E-state index >= 15 is 0 Å². The van der Waals surface area contributed by atoms with Gasteiger partial charge < -0.3 is 5.11 Å². The second-order valence-corrected chi connectivity index (χ2v) is 4.95. The molecule has 1 saturated carbocycles. The lowest BCUT2D eigenvalue weighted by molar-refractivity contribution is -0.0416. The zero-order valence-electron chi connectivity index (χ0n) is 10.1. The standard InChI is InChI=1S/C16H15FO/c17-15-8-7-13(12-5-2-1-3-6-12)11-14(15)16(18)9-4-10-16/h1-3,5-8,11,18H,4,9-10H2. The predicted molar refractivity (Wildman–Crippen MR) is 69.6 cm³/mol.